The van der Waals surface area contributed by atoms with Gasteiger partial charge in [-0.15, -0.1) is 0 Å². The Hall–Kier alpha value is -1.27. The lowest BCUT2D eigenvalue weighted by Gasteiger charge is -2.29. The number of carbonyl (C=O) groups excluding carboxylic acids is 1. The summed E-state index contributed by atoms with van der Waals surface area (Å²) >= 11 is 5.90. The molecule has 1 aromatic rings. The van der Waals surface area contributed by atoms with Crippen LogP contribution in [0.3, 0.4) is 0 Å². The molecule has 134 valence electrons. The third kappa shape index (κ3) is 4.86. The third-order valence-electron chi connectivity index (χ3n) is 4.26. The lowest BCUT2D eigenvalue weighted by molar-refractivity contribution is -0.190. The Kier molecular flexibility index (Phi) is 5.81. The van der Waals surface area contributed by atoms with Crippen molar-refractivity contribution in [1.29, 1.82) is 0 Å². The molecule has 24 heavy (non-hydrogen) atoms. The molecule has 3 nitrogen and oxygen atoms in total. The van der Waals surface area contributed by atoms with E-state index in [4.69, 9.17) is 11.6 Å². The molecular formula is C17H22ClF3N2O. The van der Waals surface area contributed by atoms with Gasteiger partial charge in [0.25, 0.3) is 0 Å². The molecule has 1 aliphatic heterocycles. The molecule has 1 amide bonds. The van der Waals surface area contributed by atoms with Crippen molar-refractivity contribution in [2.75, 3.05) is 6.54 Å². The van der Waals surface area contributed by atoms with Crippen molar-refractivity contribution in [2.45, 2.75) is 51.7 Å². The van der Waals surface area contributed by atoms with Crippen LogP contribution >= 0.6 is 11.6 Å². The van der Waals surface area contributed by atoms with Crippen molar-refractivity contribution in [3.63, 3.8) is 0 Å². The Morgan fingerprint density at radius 1 is 1.33 bits per heavy atom. The van der Waals surface area contributed by atoms with Crippen LogP contribution in [0.15, 0.2) is 24.3 Å². The molecule has 0 saturated carbocycles. The van der Waals surface area contributed by atoms with E-state index in [1.54, 1.807) is 19.9 Å². The maximum atomic E-state index is 13.3. The molecule has 7 heteroatoms. The molecule has 1 heterocycles. The van der Waals surface area contributed by atoms with Crippen LogP contribution in [0.1, 0.15) is 38.7 Å². The second-order valence-corrected chi connectivity index (χ2v) is 7.32. The largest absolute Gasteiger partial charge is 0.405 e. The number of hydrazine groups is 1. The second kappa shape index (κ2) is 7.31. The highest BCUT2D eigenvalue weighted by Crippen LogP contribution is 2.33. The molecule has 1 fully saturated rings. The van der Waals surface area contributed by atoms with Crippen molar-refractivity contribution in [2.24, 2.45) is 5.41 Å². The average molecular weight is 363 g/mol. The molecule has 0 radical (unpaired) electrons. The zero-order valence-corrected chi connectivity index (χ0v) is 14.5. The van der Waals surface area contributed by atoms with E-state index >= 15 is 0 Å². The van der Waals surface area contributed by atoms with Crippen LogP contribution in [0.4, 0.5) is 13.2 Å². The number of nitrogens with zero attached hydrogens (tertiary/aromatic N) is 1. The zero-order valence-electron chi connectivity index (χ0n) is 13.8. The number of aryl methyl sites for hydroxylation is 1. The fraction of sp³-hybridized carbons (Fsp3) is 0.588. The van der Waals surface area contributed by atoms with Gasteiger partial charge in [0.1, 0.15) is 6.04 Å². The van der Waals surface area contributed by atoms with Gasteiger partial charge in [0.05, 0.1) is 5.41 Å². The van der Waals surface area contributed by atoms with E-state index in [9.17, 15) is 18.0 Å². The van der Waals surface area contributed by atoms with Crippen molar-refractivity contribution in [3.05, 3.63) is 34.9 Å². The standard InChI is InChI=1S/C17H22ClF3N2O/c1-16(2)11-23(22-15(16)24)14(17(19,20)21)9-4-3-6-12-7-5-8-13(18)10-12/h5,7-8,10,14H,3-4,6,9,11H2,1-2H3,(H,22,24). The number of benzene rings is 1. The van der Waals surface area contributed by atoms with E-state index in [-0.39, 0.29) is 18.9 Å². The number of amides is 1. The summed E-state index contributed by atoms with van der Waals surface area (Å²) in [4.78, 5) is 11.8. The molecular weight excluding hydrogens is 341 g/mol. The fourth-order valence-corrected chi connectivity index (χ4v) is 3.08. The van der Waals surface area contributed by atoms with E-state index in [2.05, 4.69) is 5.43 Å². The Morgan fingerprint density at radius 3 is 2.58 bits per heavy atom. The van der Waals surface area contributed by atoms with Crippen LogP contribution in [0.2, 0.25) is 5.02 Å². The quantitative estimate of drug-likeness (QED) is 0.763. The number of hydrogen-bond donors (Lipinski definition) is 1. The van der Waals surface area contributed by atoms with Crippen LogP contribution in [0.25, 0.3) is 0 Å². The second-order valence-electron chi connectivity index (χ2n) is 6.89. The number of halogens is 4. The topological polar surface area (TPSA) is 32.3 Å². The van der Waals surface area contributed by atoms with Crippen molar-refractivity contribution in [3.8, 4) is 0 Å². The highest BCUT2D eigenvalue weighted by molar-refractivity contribution is 6.30. The van der Waals surface area contributed by atoms with Gasteiger partial charge in [-0.3, -0.25) is 10.2 Å². The summed E-state index contributed by atoms with van der Waals surface area (Å²) in [5, 5.41) is 1.67. The Labute approximate surface area is 145 Å². The van der Waals surface area contributed by atoms with Crippen molar-refractivity contribution >= 4 is 17.5 Å². The van der Waals surface area contributed by atoms with E-state index in [0.29, 0.717) is 24.3 Å². The Morgan fingerprint density at radius 2 is 2.04 bits per heavy atom. The maximum Gasteiger partial charge on any atom is 0.405 e. The van der Waals surface area contributed by atoms with E-state index in [1.807, 2.05) is 18.2 Å². The molecule has 0 spiro atoms. The van der Waals surface area contributed by atoms with E-state index in [0.717, 1.165) is 10.6 Å². The first kappa shape index (κ1) is 19.1. The molecule has 0 aromatic heterocycles. The van der Waals surface area contributed by atoms with Gasteiger partial charge in [0, 0.05) is 11.6 Å². The Balaban J connectivity index is 1.90. The first-order valence-corrected chi connectivity index (χ1v) is 8.36. The number of carbonyl (C=O) groups is 1. The SMILES string of the molecule is CC1(C)CN(C(CCCCc2cccc(Cl)c2)C(F)(F)F)NC1=O. The minimum atomic E-state index is -4.37. The van der Waals surface area contributed by atoms with Crippen molar-refractivity contribution < 1.29 is 18.0 Å². The number of hydrogen-bond acceptors (Lipinski definition) is 2. The smallest absolute Gasteiger partial charge is 0.288 e. The molecule has 1 N–H and O–H groups in total. The predicted octanol–water partition coefficient (Wildman–Crippen LogP) is 4.36. The fourth-order valence-electron chi connectivity index (χ4n) is 2.86. The van der Waals surface area contributed by atoms with Gasteiger partial charge in [-0.05, 0) is 50.8 Å². The Bertz CT molecular complexity index is 589. The van der Waals surface area contributed by atoms with Crippen LogP contribution in [0.5, 0.6) is 0 Å². The van der Waals surface area contributed by atoms with Crippen molar-refractivity contribution in [1.82, 2.24) is 10.4 Å². The predicted molar refractivity (Wildman–Crippen MR) is 87.5 cm³/mol. The molecule has 1 atom stereocenters. The van der Waals surface area contributed by atoms with Gasteiger partial charge >= 0.3 is 6.18 Å². The minimum absolute atomic E-state index is 0.0412. The number of unbranched alkanes of at least 4 members (excludes halogenated alkanes) is 1. The number of nitrogens with one attached hydrogen (secondary N) is 1. The molecule has 1 unspecified atom stereocenters. The summed E-state index contributed by atoms with van der Waals surface area (Å²) in [5.74, 6) is -0.365. The van der Waals surface area contributed by atoms with Crippen LogP contribution in [0, 0.1) is 5.41 Å². The normalized spacial score (nSPS) is 19.3. The van der Waals surface area contributed by atoms with E-state index < -0.39 is 17.6 Å². The summed E-state index contributed by atoms with van der Waals surface area (Å²) in [5.41, 5.74) is 2.59. The molecule has 1 aliphatic rings. The zero-order chi connectivity index (χ0) is 18.0. The summed E-state index contributed by atoms with van der Waals surface area (Å²) in [6.07, 6.45) is -2.67. The molecule has 1 saturated heterocycles. The monoisotopic (exact) mass is 362 g/mol. The van der Waals surface area contributed by atoms with Gasteiger partial charge < -0.3 is 0 Å². The summed E-state index contributed by atoms with van der Waals surface area (Å²) in [7, 11) is 0. The molecule has 2 rings (SSSR count). The average Bonchev–Trinajstić information content (AvgIpc) is 2.70. The minimum Gasteiger partial charge on any atom is -0.288 e. The number of rotatable bonds is 6. The molecule has 0 bridgehead atoms. The van der Waals surface area contributed by atoms with E-state index in [1.165, 1.54) is 0 Å². The van der Waals surface area contributed by atoms with Gasteiger partial charge in [-0.25, -0.2) is 5.01 Å². The number of alkyl halides is 3. The van der Waals surface area contributed by atoms with Gasteiger partial charge in [0.15, 0.2) is 0 Å². The molecule has 1 aromatic carbocycles. The first-order valence-electron chi connectivity index (χ1n) is 7.98. The lowest BCUT2D eigenvalue weighted by atomic mass is 9.94. The highest BCUT2D eigenvalue weighted by Gasteiger charge is 2.49. The highest BCUT2D eigenvalue weighted by atomic mass is 35.5. The lowest BCUT2D eigenvalue weighted by Crippen LogP contribution is -2.49. The summed E-state index contributed by atoms with van der Waals surface area (Å²) in [6, 6.07) is 5.69. The van der Waals surface area contributed by atoms with Gasteiger partial charge in [-0.1, -0.05) is 30.2 Å². The van der Waals surface area contributed by atoms with Crippen LogP contribution in [-0.2, 0) is 11.2 Å². The third-order valence-corrected chi connectivity index (χ3v) is 4.50. The van der Waals surface area contributed by atoms with Gasteiger partial charge in [-0.2, -0.15) is 13.2 Å². The maximum absolute atomic E-state index is 13.3. The van der Waals surface area contributed by atoms with Gasteiger partial charge in [0.2, 0.25) is 5.91 Å². The summed E-state index contributed by atoms with van der Waals surface area (Å²) in [6.45, 7) is 3.36. The van der Waals surface area contributed by atoms with Crippen LogP contribution in [-0.4, -0.2) is 29.7 Å². The van der Waals surface area contributed by atoms with Crippen LogP contribution < -0.4 is 5.43 Å². The summed E-state index contributed by atoms with van der Waals surface area (Å²) < 4.78 is 40.0. The molecule has 0 aliphatic carbocycles. The first-order chi connectivity index (χ1) is 11.1.